The molecule has 0 saturated heterocycles. The predicted octanol–water partition coefficient (Wildman–Crippen LogP) is 2.62. The highest BCUT2D eigenvalue weighted by Crippen LogP contribution is 2.45. The van der Waals surface area contributed by atoms with Gasteiger partial charge in [-0.25, -0.2) is 8.42 Å². The Balaban J connectivity index is 1.78. The van der Waals surface area contributed by atoms with Crippen LogP contribution in [0.25, 0.3) is 0 Å². The Morgan fingerprint density at radius 3 is 2.58 bits per heavy atom. The van der Waals surface area contributed by atoms with E-state index in [-0.39, 0.29) is 16.2 Å². The van der Waals surface area contributed by atoms with Crippen LogP contribution in [0.5, 0.6) is 0 Å². The fourth-order valence-corrected chi connectivity index (χ4v) is 4.31. The van der Waals surface area contributed by atoms with Crippen LogP contribution in [0.3, 0.4) is 0 Å². The fraction of sp³-hybridized carbons (Fsp3) is 0.357. The normalized spacial score (nSPS) is 16.2. The summed E-state index contributed by atoms with van der Waals surface area (Å²) in [5.74, 6) is -0.182. The van der Waals surface area contributed by atoms with Gasteiger partial charge in [0, 0.05) is 5.02 Å². The molecule has 2 N–H and O–H groups in total. The maximum absolute atomic E-state index is 12.8. The van der Waals surface area contributed by atoms with E-state index >= 15 is 0 Å². The van der Waals surface area contributed by atoms with Crippen LogP contribution in [0.4, 0.5) is 10.3 Å². The minimum Gasteiger partial charge on any atom is -0.300 e. The van der Waals surface area contributed by atoms with Gasteiger partial charge in [-0.3, -0.25) is 14.8 Å². The van der Waals surface area contributed by atoms with Gasteiger partial charge in [-0.2, -0.15) is 0 Å². The summed E-state index contributed by atoms with van der Waals surface area (Å²) in [5, 5.41) is 11.2. The number of hydrogen-bond donors (Lipinski definition) is 2. The molecule has 1 aromatic carbocycles. The van der Waals surface area contributed by atoms with E-state index in [4.69, 9.17) is 11.6 Å². The van der Waals surface area contributed by atoms with Crippen molar-refractivity contribution in [2.24, 2.45) is 0 Å². The monoisotopic (exact) mass is 386 g/mol. The van der Waals surface area contributed by atoms with Crippen molar-refractivity contribution in [3.05, 3.63) is 34.9 Å². The summed E-state index contributed by atoms with van der Waals surface area (Å²) in [6, 6.07) is 7.28. The Labute approximate surface area is 148 Å². The fourth-order valence-electron chi connectivity index (χ4n) is 2.65. The second kappa shape index (κ2) is 6.30. The molecule has 24 heavy (non-hydrogen) atoms. The number of carbonyl (C=O) groups excluding carboxylic acids is 1. The van der Waals surface area contributed by atoms with Gasteiger partial charge in [-0.1, -0.05) is 41.5 Å². The summed E-state index contributed by atoms with van der Waals surface area (Å²) in [7, 11) is -3.43. The number of sulfonamides is 1. The van der Waals surface area contributed by atoms with Crippen molar-refractivity contribution in [2.75, 3.05) is 16.3 Å². The SMILES string of the molecule is CS(=O)(=O)Nc1nnc(NC(=O)C2(c3cccc(Cl)c3)CCC2)s1. The Morgan fingerprint density at radius 1 is 1.29 bits per heavy atom. The molecule has 0 bridgehead atoms. The highest BCUT2D eigenvalue weighted by atomic mass is 35.5. The molecular weight excluding hydrogens is 372 g/mol. The van der Waals surface area contributed by atoms with Crippen LogP contribution >= 0.6 is 22.9 Å². The molecule has 3 rings (SSSR count). The minimum atomic E-state index is -3.43. The molecule has 1 aromatic heterocycles. The smallest absolute Gasteiger partial charge is 0.236 e. The molecule has 0 unspecified atom stereocenters. The molecule has 2 aromatic rings. The number of rotatable bonds is 5. The highest BCUT2D eigenvalue weighted by Gasteiger charge is 2.46. The molecule has 1 amide bonds. The molecule has 0 atom stereocenters. The lowest BCUT2D eigenvalue weighted by Gasteiger charge is -2.40. The molecule has 128 valence electrons. The Kier molecular flexibility index (Phi) is 4.50. The van der Waals surface area contributed by atoms with E-state index in [1.807, 2.05) is 12.1 Å². The van der Waals surface area contributed by atoms with Crippen molar-refractivity contribution in [3.8, 4) is 0 Å². The first-order valence-corrected chi connectivity index (χ1v) is 10.3. The van der Waals surface area contributed by atoms with E-state index < -0.39 is 15.4 Å². The number of hydrogen-bond acceptors (Lipinski definition) is 6. The second-order valence-electron chi connectivity index (χ2n) is 5.69. The van der Waals surface area contributed by atoms with E-state index in [1.54, 1.807) is 12.1 Å². The molecule has 0 spiro atoms. The molecule has 1 fully saturated rings. The van der Waals surface area contributed by atoms with Crippen LogP contribution in [-0.4, -0.2) is 30.8 Å². The highest BCUT2D eigenvalue weighted by molar-refractivity contribution is 7.92. The molecule has 10 heteroatoms. The third kappa shape index (κ3) is 3.52. The average molecular weight is 387 g/mol. The zero-order valence-electron chi connectivity index (χ0n) is 12.7. The zero-order valence-corrected chi connectivity index (χ0v) is 15.1. The van der Waals surface area contributed by atoms with Crippen molar-refractivity contribution in [1.82, 2.24) is 10.2 Å². The van der Waals surface area contributed by atoms with Gasteiger partial charge in [0.1, 0.15) is 0 Å². The molecule has 1 heterocycles. The van der Waals surface area contributed by atoms with Crippen molar-refractivity contribution in [1.29, 1.82) is 0 Å². The topological polar surface area (TPSA) is 101 Å². The van der Waals surface area contributed by atoms with Crippen LogP contribution in [-0.2, 0) is 20.2 Å². The Hall–Kier alpha value is -1.71. The van der Waals surface area contributed by atoms with Crippen LogP contribution in [0.1, 0.15) is 24.8 Å². The largest absolute Gasteiger partial charge is 0.300 e. The van der Waals surface area contributed by atoms with Gasteiger partial charge in [0.05, 0.1) is 11.7 Å². The third-order valence-corrected chi connectivity index (χ3v) is 5.62. The molecule has 1 aliphatic rings. The van der Waals surface area contributed by atoms with Gasteiger partial charge in [-0.15, -0.1) is 10.2 Å². The summed E-state index contributed by atoms with van der Waals surface area (Å²) in [6.45, 7) is 0. The number of halogens is 1. The van der Waals surface area contributed by atoms with E-state index in [2.05, 4.69) is 20.2 Å². The van der Waals surface area contributed by atoms with Crippen molar-refractivity contribution < 1.29 is 13.2 Å². The number of carbonyl (C=O) groups is 1. The van der Waals surface area contributed by atoms with Crippen LogP contribution in [0, 0.1) is 0 Å². The first-order valence-electron chi connectivity index (χ1n) is 7.17. The first kappa shape index (κ1) is 17.1. The molecular formula is C14H15ClN4O3S2. The van der Waals surface area contributed by atoms with Gasteiger partial charge in [0.25, 0.3) is 0 Å². The number of amides is 1. The summed E-state index contributed by atoms with van der Waals surface area (Å²) in [5.41, 5.74) is 0.249. The number of nitrogens with zero attached hydrogens (tertiary/aromatic N) is 2. The quantitative estimate of drug-likeness (QED) is 0.822. The molecule has 1 saturated carbocycles. The van der Waals surface area contributed by atoms with Crippen molar-refractivity contribution in [2.45, 2.75) is 24.7 Å². The number of nitrogens with one attached hydrogen (secondary N) is 2. The first-order chi connectivity index (χ1) is 11.3. The van der Waals surface area contributed by atoms with Gasteiger partial charge in [0.2, 0.25) is 26.2 Å². The van der Waals surface area contributed by atoms with E-state index in [0.29, 0.717) is 5.02 Å². The lowest BCUT2D eigenvalue weighted by Crippen LogP contribution is -2.46. The standard InChI is InChI=1S/C14H15ClN4O3S2/c1-24(21,22)19-13-18-17-12(23-13)16-11(20)14(6-3-7-14)9-4-2-5-10(15)8-9/h2,4-5,8H,3,6-7H2,1H3,(H,18,19)(H,16,17,20). The third-order valence-electron chi connectivity index (χ3n) is 3.94. The number of anilines is 2. The van der Waals surface area contributed by atoms with Crippen LogP contribution in [0.2, 0.25) is 5.02 Å². The summed E-state index contributed by atoms with van der Waals surface area (Å²) < 4.78 is 24.6. The number of benzene rings is 1. The maximum atomic E-state index is 12.8. The maximum Gasteiger partial charge on any atom is 0.236 e. The lowest BCUT2D eigenvalue weighted by atomic mass is 9.64. The summed E-state index contributed by atoms with van der Waals surface area (Å²) in [4.78, 5) is 12.8. The van der Waals surface area contributed by atoms with Gasteiger partial charge in [-0.05, 0) is 30.5 Å². The molecule has 1 aliphatic carbocycles. The van der Waals surface area contributed by atoms with E-state index in [9.17, 15) is 13.2 Å². The van der Waals surface area contributed by atoms with Crippen LogP contribution < -0.4 is 10.0 Å². The second-order valence-corrected chi connectivity index (χ2v) is 8.85. The molecule has 0 radical (unpaired) electrons. The Morgan fingerprint density at radius 2 is 2.00 bits per heavy atom. The van der Waals surface area contributed by atoms with Gasteiger partial charge in [0.15, 0.2) is 0 Å². The average Bonchev–Trinajstić information content (AvgIpc) is 2.82. The van der Waals surface area contributed by atoms with Crippen molar-refractivity contribution >= 4 is 49.1 Å². The van der Waals surface area contributed by atoms with Gasteiger partial charge < -0.3 is 0 Å². The molecule has 7 nitrogen and oxygen atoms in total. The summed E-state index contributed by atoms with van der Waals surface area (Å²) >= 11 is 7.01. The van der Waals surface area contributed by atoms with Crippen LogP contribution in [0.15, 0.2) is 24.3 Å². The lowest BCUT2D eigenvalue weighted by molar-refractivity contribution is -0.124. The minimum absolute atomic E-state index is 0.109. The molecule has 0 aliphatic heterocycles. The van der Waals surface area contributed by atoms with Gasteiger partial charge >= 0.3 is 0 Å². The zero-order chi connectivity index (χ0) is 17.4. The summed E-state index contributed by atoms with van der Waals surface area (Å²) in [6.07, 6.45) is 3.44. The Bertz CT molecular complexity index is 878. The van der Waals surface area contributed by atoms with Crippen molar-refractivity contribution in [3.63, 3.8) is 0 Å². The van der Waals surface area contributed by atoms with E-state index in [0.717, 1.165) is 42.4 Å². The predicted molar refractivity (Wildman–Crippen MR) is 94.0 cm³/mol. The number of aromatic nitrogens is 2. The van der Waals surface area contributed by atoms with E-state index in [1.165, 1.54) is 0 Å².